The number of ketones is 1. The van der Waals surface area contributed by atoms with E-state index in [1.54, 1.807) is 0 Å². The third-order valence-electron chi connectivity index (χ3n) is 2.79. The molecule has 1 heterocycles. The van der Waals surface area contributed by atoms with Crippen LogP contribution in [0.25, 0.3) is 10.9 Å². The van der Waals surface area contributed by atoms with E-state index in [2.05, 4.69) is 0 Å². The Balaban J connectivity index is 2.45. The predicted molar refractivity (Wildman–Crippen MR) is 72.2 cm³/mol. The molecule has 0 spiro atoms. The minimum Gasteiger partial charge on any atom is -0.350 e. The maximum Gasteiger partial charge on any atom is 0.165 e. The fraction of sp³-hybridized carbons (Fsp3) is 0.308. The van der Waals surface area contributed by atoms with Crippen LogP contribution >= 0.6 is 23.2 Å². The lowest BCUT2D eigenvalue weighted by Gasteiger charge is -1.98. The molecule has 0 fully saturated rings. The van der Waals surface area contributed by atoms with E-state index in [4.69, 9.17) is 23.2 Å². The van der Waals surface area contributed by atoms with Crippen LogP contribution < -0.4 is 0 Å². The first-order chi connectivity index (χ1) is 8.13. The van der Waals surface area contributed by atoms with E-state index in [0.29, 0.717) is 23.7 Å². The van der Waals surface area contributed by atoms with Crippen LogP contribution in [0.15, 0.2) is 24.4 Å². The van der Waals surface area contributed by atoms with Gasteiger partial charge in [0.15, 0.2) is 5.78 Å². The Morgan fingerprint density at radius 2 is 2.18 bits per heavy atom. The van der Waals surface area contributed by atoms with Crippen molar-refractivity contribution in [2.75, 3.05) is 5.88 Å². The van der Waals surface area contributed by atoms with E-state index < -0.39 is 0 Å². The van der Waals surface area contributed by atoms with Crippen molar-refractivity contribution < 1.29 is 4.79 Å². The summed E-state index contributed by atoms with van der Waals surface area (Å²) in [5.41, 5.74) is 1.73. The fourth-order valence-electron chi connectivity index (χ4n) is 1.94. The Morgan fingerprint density at radius 3 is 2.88 bits per heavy atom. The van der Waals surface area contributed by atoms with Gasteiger partial charge in [-0.15, -0.1) is 11.6 Å². The standard InChI is InChI=1S/C13H13Cl2NO/c1-16-8-11(13(17)3-2-6-14)10-5-4-9(15)7-12(10)16/h4-5,7-8H,2-3,6H2,1H3. The Hall–Kier alpha value is -0.990. The van der Waals surface area contributed by atoms with Crippen molar-refractivity contribution in [2.45, 2.75) is 12.8 Å². The zero-order valence-corrected chi connectivity index (χ0v) is 11.1. The average molecular weight is 270 g/mol. The minimum absolute atomic E-state index is 0.138. The first-order valence-corrected chi connectivity index (χ1v) is 6.38. The van der Waals surface area contributed by atoms with Crippen LogP contribution in [-0.2, 0) is 7.05 Å². The number of alkyl halides is 1. The number of carbonyl (C=O) groups is 1. The van der Waals surface area contributed by atoms with Crippen molar-refractivity contribution in [3.8, 4) is 0 Å². The number of Topliss-reactive ketones (excluding diaryl/α,β-unsaturated/α-hetero) is 1. The van der Waals surface area contributed by atoms with Gasteiger partial charge in [-0.05, 0) is 18.6 Å². The highest BCUT2D eigenvalue weighted by Gasteiger charge is 2.13. The number of hydrogen-bond donors (Lipinski definition) is 0. The third-order valence-corrected chi connectivity index (χ3v) is 3.29. The van der Waals surface area contributed by atoms with Gasteiger partial charge in [0.1, 0.15) is 0 Å². The Labute approximate surface area is 110 Å². The van der Waals surface area contributed by atoms with E-state index in [9.17, 15) is 4.79 Å². The summed E-state index contributed by atoms with van der Waals surface area (Å²) in [5, 5.41) is 1.63. The van der Waals surface area contributed by atoms with Gasteiger partial charge in [0, 0.05) is 47.0 Å². The molecule has 2 nitrogen and oxygen atoms in total. The number of fused-ring (bicyclic) bond motifs is 1. The molecular formula is C13H13Cl2NO. The van der Waals surface area contributed by atoms with Crippen LogP contribution in [0.1, 0.15) is 23.2 Å². The zero-order chi connectivity index (χ0) is 12.4. The molecular weight excluding hydrogens is 257 g/mol. The van der Waals surface area contributed by atoms with E-state index in [0.717, 1.165) is 16.5 Å². The first-order valence-electron chi connectivity index (χ1n) is 5.47. The minimum atomic E-state index is 0.138. The fourth-order valence-corrected chi connectivity index (χ4v) is 2.24. The lowest BCUT2D eigenvalue weighted by Crippen LogP contribution is -1.98. The molecule has 90 valence electrons. The SMILES string of the molecule is Cn1cc(C(=O)CCCCl)c2ccc(Cl)cc21. The molecule has 4 heteroatoms. The number of rotatable bonds is 4. The van der Waals surface area contributed by atoms with Gasteiger partial charge < -0.3 is 4.57 Å². The molecule has 2 rings (SSSR count). The summed E-state index contributed by atoms with van der Waals surface area (Å²) in [5.74, 6) is 0.654. The van der Waals surface area contributed by atoms with Crippen LogP contribution in [-0.4, -0.2) is 16.2 Å². The molecule has 0 atom stereocenters. The van der Waals surface area contributed by atoms with Crippen molar-refractivity contribution in [3.63, 3.8) is 0 Å². The molecule has 1 aromatic heterocycles. The first kappa shape index (κ1) is 12.5. The summed E-state index contributed by atoms with van der Waals surface area (Å²) in [6.45, 7) is 0. The molecule has 0 amide bonds. The van der Waals surface area contributed by atoms with Crippen molar-refractivity contribution in [1.82, 2.24) is 4.57 Å². The maximum atomic E-state index is 12.0. The van der Waals surface area contributed by atoms with E-state index >= 15 is 0 Å². The van der Waals surface area contributed by atoms with Crippen molar-refractivity contribution in [2.24, 2.45) is 7.05 Å². The summed E-state index contributed by atoms with van der Waals surface area (Å²) in [6.07, 6.45) is 3.06. The molecule has 0 aliphatic rings. The number of carbonyl (C=O) groups excluding carboxylic acids is 1. The summed E-state index contributed by atoms with van der Waals surface area (Å²) >= 11 is 11.5. The molecule has 17 heavy (non-hydrogen) atoms. The van der Waals surface area contributed by atoms with Gasteiger partial charge >= 0.3 is 0 Å². The van der Waals surface area contributed by atoms with Crippen LogP contribution in [0.5, 0.6) is 0 Å². The monoisotopic (exact) mass is 269 g/mol. The van der Waals surface area contributed by atoms with Gasteiger partial charge in [-0.25, -0.2) is 0 Å². The summed E-state index contributed by atoms with van der Waals surface area (Å²) in [6, 6.07) is 5.57. The maximum absolute atomic E-state index is 12.0. The lowest BCUT2D eigenvalue weighted by atomic mass is 10.1. The van der Waals surface area contributed by atoms with E-state index in [1.807, 2.05) is 36.0 Å². The topological polar surface area (TPSA) is 22.0 Å². The number of nitrogens with zero attached hydrogens (tertiary/aromatic N) is 1. The highest BCUT2D eigenvalue weighted by atomic mass is 35.5. The smallest absolute Gasteiger partial charge is 0.165 e. The van der Waals surface area contributed by atoms with Crippen LogP contribution in [0.3, 0.4) is 0 Å². The molecule has 0 unspecified atom stereocenters. The second kappa shape index (κ2) is 5.11. The molecule has 0 saturated carbocycles. The van der Waals surface area contributed by atoms with Crippen molar-refractivity contribution >= 4 is 39.9 Å². The van der Waals surface area contributed by atoms with E-state index in [1.165, 1.54) is 0 Å². The zero-order valence-electron chi connectivity index (χ0n) is 9.54. The number of aromatic nitrogens is 1. The van der Waals surface area contributed by atoms with Crippen LogP contribution in [0, 0.1) is 0 Å². The molecule has 1 aromatic carbocycles. The average Bonchev–Trinajstić information content (AvgIpc) is 2.64. The molecule has 0 aliphatic heterocycles. The van der Waals surface area contributed by atoms with Crippen molar-refractivity contribution in [1.29, 1.82) is 0 Å². The Kier molecular flexibility index (Phi) is 3.75. The highest BCUT2D eigenvalue weighted by molar-refractivity contribution is 6.31. The normalized spacial score (nSPS) is 11.0. The van der Waals surface area contributed by atoms with Gasteiger partial charge in [-0.2, -0.15) is 0 Å². The molecule has 0 bridgehead atoms. The molecule has 2 aromatic rings. The third kappa shape index (κ3) is 2.48. The second-order valence-corrected chi connectivity index (χ2v) is 4.85. The summed E-state index contributed by atoms with van der Waals surface area (Å²) in [7, 11) is 1.91. The van der Waals surface area contributed by atoms with Gasteiger partial charge in [-0.1, -0.05) is 17.7 Å². The summed E-state index contributed by atoms with van der Waals surface area (Å²) in [4.78, 5) is 12.0. The Bertz CT molecular complexity index is 560. The van der Waals surface area contributed by atoms with Gasteiger partial charge in [0.25, 0.3) is 0 Å². The quantitative estimate of drug-likeness (QED) is 0.607. The van der Waals surface area contributed by atoms with Gasteiger partial charge in [0.05, 0.1) is 0 Å². The lowest BCUT2D eigenvalue weighted by molar-refractivity contribution is 0.0983. The number of benzene rings is 1. The summed E-state index contributed by atoms with van der Waals surface area (Å²) < 4.78 is 1.93. The predicted octanol–water partition coefficient (Wildman–Crippen LogP) is 4.03. The number of halogens is 2. The van der Waals surface area contributed by atoms with Gasteiger partial charge in [0.2, 0.25) is 0 Å². The largest absolute Gasteiger partial charge is 0.350 e. The van der Waals surface area contributed by atoms with E-state index in [-0.39, 0.29) is 5.78 Å². The molecule has 0 radical (unpaired) electrons. The van der Waals surface area contributed by atoms with Crippen LogP contribution in [0.4, 0.5) is 0 Å². The molecule has 0 saturated heterocycles. The number of aryl methyl sites for hydroxylation is 1. The van der Waals surface area contributed by atoms with Crippen LogP contribution in [0.2, 0.25) is 5.02 Å². The van der Waals surface area contributed by atoms with Gasteiger partial charge in [-0.3, -0.25) is 4.79 Å². The molecule has 0 N–H and O–H groups in total. The Morgan fingerprint density at radius 1 is 1.41 bits per heavy atom. The highest BCUT2D eigenvalue weighted by Crippen LogP contribution is 2.25. The van der Waals surface area contributed by atoms with Crippen molar-refractivity contribution in [3.05, 3.63) is 35.0 Å². The number of hydrogen-bond acceptors (Lipinski definition) is 1. The molecule has 0 aliphatic carbocycles. The second-order valence-electron chi connectivity index (χ2n) is 4.03.